The highest BCUT2D eigenvalue weighted by Crippen LogP contribution is 2.67. The Kier molecular flexibility index (Phi) is 11.8. The van der Waals surface area contributed by atoms with Crippen LogP contribution in [-0.2, 0) is 38.1 Å². The molecule has 3 fully saturated rings. The number of ketones is 1. The van der Waals surface area contributed by atoms with Gasteiger partial charge in [-0.25, -0.2) is 9.59 Å². The average Bonchev–Trinajstić information content (AvgIpc) is 3.24. The van der Waals surface area contributed by atoms with Crippen LogP contribution in [0.25, 0.3) is 0 Å². The highest BCUT2D eigenvalue weighted by Gasteiger charge is 2.77. The van der Waals surface area contributed by atoms with Gasteiger partial charge in [0.2, 0.25) is 0 Å². The van der Waals surface area contributed by atoms with E-state index in [-0.39, 0.29) is 35.1 Å². The van der Waals surface area contributed by atoms with Gasteiger partial charge in [-0.05, 0) is 74.1 Å². The normalized spacial score (nSPS) is 31.9. The third-order valence-electron chi connectivity index (χ3n) is 14.1. The molecule has 14 nitrogen and oxygen atoms in total. The van der Waals surface area contributed by atoms with Crippen LogP contribution in [0.15, 0.2) is 102 Å². The summed E-state index contributed by atoms with van der Waals surface area (Å²) >= 11 is 0. The minimum absolute atomic E-state index is 0.0134. The zero-order valence-electron chi connectivity index (χ0n) is 35.5. The van der Waals surface area contributed by atoms with Crippen LogP contribution in [0.5, 0.6) is 0 Å². The van der Waals surface area contributed by atoms with E-state index in [4.69, 9.17) is 18.9 Å². The zero-order chi connectivity index (χ0) is 44.9. The van der Waals surface area contributed by atoms with E-state index in [1.165, 1.54) is 26.0 Å². The van der Waals surface area contributed by atoms with Crippen molar-refractivity contribution in [2.45, 2.75) is 115 Å². The molecule has 0 radical (unpaired) electrons. The van der Waals surface area contributed by atoms with Gasteiger partial charge < -0.3 is 39.6 Å². The van der Waals surface area contributed by atoms with Gasteiger partial charge in [0.25, 0.3) is 5.91 Å². The molecular formula is C48H53NO13. The van der Waals surface area contributed by atoms with Gasteiger partial charge in [0.05, 0.1) is 29.0 Å². The molecule has 0 spiro atoms. The molecule has 3 saturated carbocycles. The number of hydrogen-bond donors (Lipinski definition) is 4. The van der Waals surface area contributed by atoms with Crippen molar-refractivity contribution < 1.29 is 63.0 Å². The predicted molar refractivity (Wildman–Crippen MR) is 221 cm³/mol. The van der Waals surface area contributed by atoms with Crippen molar-refractivity contribution in [3.05, 3.63) is 119 Å². The number of carbonyl (C=O) groups excluding carboxylic acids is 6. The first-order chi connectivity index (χ1) is 29.3. The van der Waals surface area contributed by atoms with E-state index >= 15 is 4.79 Å². The summed E-state index contributed by atoms with van der Waals surface area (Å²) in [5.74, 6) is -7.00. The predicted octanol–water partition coefficient (Wildman–Crippen LogP) is 4.75. The molecule has 2 unspecified atom stereocenters. The molecule has 14 heteroatoms. The molecule has 0 saturated heterocycles. The number of Topliss-reactive ketones (excluding diaryl/α,β-unsaturated/α-hetero) is 1. The van der Waals surface area contributed by atoms with Gasteiger partial charge in [-0.2, -0.15) is 0 Å². The van der Waals surface area contributed by atoms with Gasteiger partial charge in [0.1, 0.15) is 23.4 Å². The summed E-state index contributed by atoms with van der Waals surface area (Å²) in [5, 5.41) is 40.4. The molecular weight excluding hydrogens is 799 g/mol. The molecule has 4 N–H and O–H groups in total. The third-order valence-corrected chi connectivity index (χ3v) is 14.1. The Hall–Kier alpha value is -5.70. The summed E-state index contributed by atoms with van der Waals surface area (Å²) in [6.07, 6.45) is -8.27. The maximum atomic E-state index is 15.5. The Morgan fingerprint density at radius 3 is 1.94 bits per heavy atom. The van der Waals surface area contributed by atoms with Crippen LogP contribution in [0.3, 0.4) is 0 Å². The van der Waals surface area contributed by atoms with Crippen molar-refractivity contribution in [1.29, 1.82) is 0 Å². The smallest absolute Gasteiger partial charge is 0.338 e. The maximum absolute atomic E-state index is 15.5. The molecule has 0 aromatic heterocycles. The molecule has 4 aliphatic carbocycles. The van der Waals surface area contributed by atoms with Crippen LogP contribution in [0.4, 0.5) is 0 Å². The highest BCUT2D eigenvalue weighted by atomic mass is 16.6. The van der Waals surface area contributed by atoms with Gasteiger partial charge in [0.15, 0.2) is 18.0 Å². The SMILES string of the molecule is CC(=O)O[C@H]1C(=O)[C@@]2(C)[C@H](C(OC(=O)c3ccccc3)C3(O)C[C@H](OC(=O)[C@H](O)[C@@H](NC(=O)c4ccccc4)c4ccccc4)C(C)=C1C3(C)C)[C@]1(OC(C)=O)CC[C@@H]1C[C@@H]2O. The fourth-order valence-corrected chi connectivity index (χ4v) is 10.7. The van der Waals surface area contributed by atoms with E-state index in [1.807, 2.05) is 0 Å². The number of nitrogens with one attached hydrogen (secondary N) is 1. The van der Waals surface area contributed by atoms with Crippen LogP contribution >= 0.6 is 0 Å². The Balaban J connectivity index is 1.39. The minimum atomic E-state index is -2.34. The molecule has 62 heavy (non-hydrogen) atoms. The minimum Gasteiger partial charge on any atom is -0.458 e. The van der Waals surface area contributed by atoms with Gasteiger partial charge in [-0.15, -0.1) is 0 Å². The molecule has 1 amide bonds. The van der Waals surface area contributed by atoms with Crippen molar-refractivity contribution in [3.8, 4) is 0 Å². The van der Waals surface area contributed by atoms with Gasteiger partial charge in [0, 0.05) is 37.2 Å². The van der Waals surface area contributed by atoms with E-state index in [2.05, 4.69) is 5.32 Å². The first-order valence-corrected chi connectivity index (χ1v) is 20.9. The van der Waals surface area contributed by atoms with Crippen LogP contribution in [0.1, 0.15) is 99.5 Å². The molecule has 2 bridgehead atoms. The lowest BCUT2D eigenvalue weighted by molar-refractivity contribution is -0.296. The number of aliphatic hydroxyl groups is 3. The average molecular weight is 852 g/mol. The van der Waals surface area contributed by atoms with Crippen molar-refractivity contribution in [2.75, 3.05) is 0 Å². The number of carbonyl (C=O) groups is 6. The number of fused-ring (bicyclic) bond motifs is 5. The quantitative estimate of drug-likeness (QED) is 0.123. The fourth-order valence-electron chi connectivity index (χ4n) is 10.7. The van der Waals surface area contributed by atoms with Crippen LogP contribution in [-0.4, -0.2) is 92.6 Å². The van der Waals surface area contributed by atoms with E-state index in [0.717, 1.165) is 6.92 Å². The van der Waals surface area contributed by atoms with Crippen LogP contribution in [0.2, 0.25) is 0 Å². The number of rotatable bonds is 10. The number of ether oxygens (including phenoxy) is 4. The highest BCUT2D eigenvalue weighted by molar-refractivity contribution is 5.96. The summed E-state index contributed by atoms with van der Waals surface area (Å²) in [6.45, 7) is 8.50. The number of benzene rings is 3. The third kappa shape index (κ3) is 7.31. The lowest BCUT2D eigenvalue weighted by Crippen LogP contribution is -2.78. The summed E-state index contributed by atoms with van der Waals surface area (Å²) in [4.78, 5) is 83.6. The van der Waals surface area contributed by atoms with Crippen molar-refractivity contribution in [2.24, 2.45) is 22.7 Å². The van der Waals surface area contributed by atoms with E-state index in [0.29, 0.717) is 12.0 Å². The summed E-state index contributed by atoms with van der Waals surface area (Å²) in [6, 6.07) is 23.1. The molecule has 0 heterocycles. The lowest BCUT2D eigenvalue weighted by Gasteiger charge is -2.68. The Bertz CT molecular complexity index is 2280. The Morgan fingerprint density at radius 2 is 1.39 bits per heavy atom. The number of amides is 1. The first kappa shape index (κ1) is 44.4. The van der Waals surface area contributed by atoms with Gasteiger partial charge in [-0.1, -0.05) is 80.6 Å². The summed E-state index contributed by atoms with van der Waals surface area (Å²) in [5.41, 5.74) is -6.51. The second-order valence-electron chi connectivity index (χ2n) is 17.8. The van der Waals surface area contributed by atoms with Crippen molar-refractivity contribution in [3.63, 3.8) is 0 Å². The lowest BCUT2D eigenvalue weighted by atomic mass is 9.41. The number of hydrogen-bond acceptors (Lipinski definition) is 13. The zero-order valence-corrected chi connectivity index (χ0v) is 35.5. The van der Waals surface area contributed by atoms with Crippen LogP contribution in [0, 0.1) is 22.7 Å². The van der Waals surface area contributed by atoms with E-state index in [9.17, 15) is 39.3 Å². The molecule has 0 aliphatic heterocycles. The molecule has 4 aliphatic rings. The van der Waals surface area contributed by atoms with Gasteiger partial charge in [-0.3, -0.25) is 19.2 Å². The first-order valence-electron chi connectivity index (χ1n) is 20.9. The topological polar surface area (TPSA) is 212 Å². The molecule has 328 valence electrons. The maximum Gasteiger partial charge on any atom is 0.338 e. The van der Waals surface area contributed by atoms with E-state index in [1.54, 1.807) is 99.6 Å². The molecule has 3 aromatic rings. The van der Waals surface area contributed by atoms with Gasteiger partial charge >= 0.3 is 23.9 Å². The molecule has 3 aromatic carbocycles. The Morgan fingerprint density at radius 1 is 0.806 bits per heavy atom. The monoisotopic (exact) mass is 851 g/mol. The largest absolute Gasteiger partial charge is 0.458 e. The van der Waals surface area contributed by atoms with Crippen molar-refractivity contribution >= 4 is 35.6 Å². The van der Waals surface area contributed by atoms with E-state index < -0.39 is 112 Å². The molecule has 11 atom stereocenters. The standard InChI is InChI=1S/C48H53NO13/c1-26-33(60-44(57)37(53)36(29-16-10-7-11-17-29)49-42(55)30-18-12-8-13-19-30)25-48(58)41(61-43(56)31-20-14-9-15-21-31)39-46(6,34(52)24-32-22-23-47(32,39)62-28(3)51)40(54)38(59-27(2)50)35(26)45(48,4)5/h7-21,32-34,36-39,41,52-53,58H,22-25H2,1-6H3,(H,49,55)/t32-,33+,34+,36+,37-,38-,39+,41?,46-,47+,48?/m1/s1. The number of esters is 4. The number of aliphatic hydroxyl groups excluding tert-OH is 2. The second-order valence-corrected chi connectivity index (χ2v) is 17.8. The van der Waals surface area contributed by atoms with Crippen molar-refractivity contribution in [1.82, 2.24) is 5.32 Å². The summed E-state index contributed by atoms with van der Waals surface area (Å²) < 4.78 is 24.6. The fraction of sp³-hybridized carbons (Fsp3) is 0.458. The van der Waals surface area contributed by atoms with Crippen LogP contribution < -0.4 is 5.32 Å². The Labute approximate surface area is 359 Å². The second kappa shape index (κ2) is 16.5. The summed E-state index contributed by atoms with van der Waals surface area (Å²) in [7, 11) is 0. The molecule has 7 rings (SSSR count).